The van der Waals surface area contributed by atoms with Gasteiger partial charge in [0.05, 0.1) is 30.1 Å². The Labute approximate surface area is 210 Å². The van der Waals surface area contributed by atoms with Crippen LogP contribution >= 0.6 is 12.2 Å². The van der Waals surface area contributed by atoms with Crippen molar-refractivity contribution < 1.29 is 9.53 Å². The minimum absolute atomic E-state index is 0.191. The van der Waals surface area contributed by atoms with E-state index in [0.29, 0.717) is 10.7 Å². The summed E-state index contributed by atoms with van der Waals surface area (Å²) >= 11 is 5.89. The van der Waals surface area contributed by atoms with Gasteiger partial charge in [-0.3, -0.25) is 4.98 Å². The molecule has 0 aliphatic carbocycles. The second-order valence-electron chi connectivity index (χ2n) is 8.65. The van der Waals surface area contributed by atoms with Crippen molar-refractivity contribution in [1.29, 1.82) is 0 Å². The number of carbonyl (C=O) groups excluding carboxylic acids is 1. The van der Waals surface area contributed by atoms with Gasteiger partial charge in [-0.1, -0.05) is 24.3 Å². The number of thiocarbonyl (C=S) groups is 1. The summed E-state index contributed by atoms with van der Waals surface area (Å²) in [6.45, 7) is 4.17. The molecule has 176 valence electrons. The number of esters is 1. The van der Waals surface area contributed by atoms with E-state index in [1.54, 1.807) is 12.3 Å². The molecule has 1 saturated heterocycles. The Bertz CT molecular complexity index is 1380. The van der Waals surface area contributed by atoms with E-state index in [-0.39, 0.29) is 18.1 Å². The second-order valence-corrected chi connectivity index (χ2v) is 9.04. The fraction of sp³-hybridized carbons (Fsp3) is 0.179. The molecule has 2 aromatic carbocycles. The van der Waals surface area contributed by atoms with Crippen LogP contribution in [0.2, 0.25) is 0 Å². The highest BCUT2D eigenvalue weighted by Gasteiger charge is 2.42. The molecule has 0 unspecified atom stereocenters. The third-order valence-electron chi connectivity index (χ3n) is 6.23. The number of pyridine rings is 1. The van der Waals surface area contributed by atoms with E-state index in [2.05, 4.69) is 53.3 Å². The third-order valence-corrected chi connectivity index (χ3v) is 6.55. The summed E-state index contributed by atoms with van der Waals surface area (Å²) in [5, 5.41) is 4.14. The number of hydrogen-bond donors (Lipinski definition) is 1. The molecule has 4 aromatic rings. The monoisotopic (exact) mass is 482 g/mol. The zero-order valence-corrected chi connectivity index (χ0v) is 20.6. The summed E-state index contributed by atoms with van der Waals surface area (Å²) in [4.78, 5) is 19.4. The molecule has 3 heterocycles. The molecular formula is C28H26N4O2S. The zero-order valence-electron chi connectivity index (χ0n) is 19.8. The van der Waals surface area contributed by atoms with Crippen molar-refractivity contribution in [1.82, 2.24) is 14.9 Å². The highest BCUT2D eigenvalue weighted by atomic mass is 32.1. The maximum Gasteiger partial charge on any atom is 0.339 e. The third kappa shape index (κ3) is 4.19. The molecule has 1 N–H and O–H groups in total. The largest absolute Gasteiger partial charge is 0.465 e. The number of rotatable bonds is 5. The Kier molecular flexibility index (Phi) is 6.09. The van der Waals surface area contributed by atoms with Gasteiger partial charge in [-0.05, 0) is 85.7 Å². The molecule has 1 aliphatic heterocycles. The van der Waals surface area contributed by atoms with Crippen molar-refractivity contribution in [3.8, 4) is 5.69 Å². The average molecular weight is 483 g/mol. The molecule has 0 spiro atoms. The van der Waals surface area contributed by atoms with Gasteiger partial charge in [-0.2, -0.15) is 0 Å². The zero-order chi connectivity index (χ0) is 24.5. The summed E-state index contributed by atoms with van der Waals surface area (Å²) in [6, 6.07) is 23.4. The van der Waals surface area contributed by atoms with Gasteiger partial charge in [-0.15, -0.1) is 0 Å². The fourth-order valence-corrected chi connectivity index (χ4v) is 5.19. The van der Waals surface area contributed by atoms with Gasteiger partial charge in [0.2, 0.25) is 0 Å². The van der Waals surface area contributed by atoms with Gasteiger partial charge in [0.25, 0.3) is 0 Å². The number of methoxy groups -OCH3 is 1. The van der Waals surface area contributed by atoms with E-state index in [9.17, 15) is 4.79 Å². The Morgan fingerprint density at radius 1 is 1.00 bits per heavy atom. The van der Waals surface area contributed by atoms with Crippen molar-refractivity contribution in [3.05, 3.63) is 113 Å². The topological polar surface area (TPSA) is 59.4 Å². The average Bonchev–Trinajstić information content (AvgIpc) is 3.47. The number of carbonyl (C=O) groups is 1. The Balaban J connectivity index is 1.71. The van der Waals surface area contributed by atoms with Crippen LogP contribution in [0.3, 0.4) is 0 Å². The molecule has 7 heteroatoms. The molecule has 0 radical (unpaired) electrons. The predicted molar refractivity (Wildman–Crippen MR) is 141 cm³/mol. The van der Waals surface area contributed by atoms with E-state index in [1.165, 1.54) is 7.11 Å². The number of benzene rings is 2. The first-order chi connectivity index (χ1) is 17.0. The van der Waals surface area contributed by atoms with Crippen LogP contribution in [0.5, 0.6) is 0 Å². The molecule has 0 amide bonds. The number of nitrogens with zero attached hydrogens (tertiary/aromatic N) is 3. The summed E-state index contributed by atoms with van der Waals surface area (Å²) in [6.07, 6.45) is 3.76. The summed E-state index contributed by atoms with van der Waals surface area (Å²) in [5.41, 5.74) is 6.44. The van der Waals surface area contributed by atoms with E-state index in [0.717, 1.165) is 33.9 Å². The minimum Gasteiger partial charge on any atom is -0.465 e. The lowest BCUT2D eigenvalue weighted by Gasteiger charge is -2.29. The summed E-state index contributed by atoms with van der Waals surface area (Å²) < 4.78 is 7.10. The van der Waals surface area contributed by atoms with Crippen LogP contribution in [0.4, 0.5) is 5.69 Å². The molecule has 1 aliphatic rings. The van der Waals surface area contributed by atoms with E-state index < -0.39 is 0 Å². The number of hydrogen-bond acceptors (Lipinski definition) is 4. The second kappa shape index (κ2) is 9.35. The molecule has 0 bridgehead atoms. The molecule has 6 nitrogen and oxygen atoms in total. The van der Waals surface area contributed by atoms with Gasteiger partial charge in [-0.25, -0.2) is 4.79 Å². The van der Waals surface area contributed by atoms with Crippen molar-refractivity contribution in [2.45, 2.75) is 25.9 Å². The highest BCUT2D eigenvalue weighted by Crippen LogP contribution is 2.42. The SMILES string of the molecule is COC(=O)c1ccccc1-n1cccc1[C@@H]1[C@H](c2ccccn2)NC(=S)N1c1cc(C)cc(C)c1. The van der Waals surface area contributed by atoms with Crippen LogP contribution in [0.15, 0.2) is 85.2 Å². The Morgan fingerprint density at radius 2 is 1.74 bits per heavy atom. The van der Waals surface area contributed by atoms with Crippen LogP contribution < -0.4 is 10.2 Å². The smallest absolute Gasteiger partial charge is 0.339 e. The first-order valence-corrected chi connectivity index (χ1v) is 11.8. The minimum atomic E-state index is -0.382. The summed E-state index contributed by atoms with van der Waals surface area (Å²) in [7, 11) is 1.40. The van der Waals surface area contributed by atoms with Gasteiger partial charge in [0, 0.05) is 23.8 Å². The van der Waals surface area contributed by atoms with E-state index in [1.807, 2.05) is 53.2 Å². The molecule has 1 fully saturated rings. The summed E-state index contributed by atoms with van der Waals surface area (Å²) in [5.74, 6) is -0.382. The first-order valence-electron chi connectivity index (χ1n) is 11.4. The number of nitrogens with one attached hydrogen (secondary N) is 1. The van der Waals surface area contributed by atoms with Crippen LogP contribution in [-0.4, -0.2) is 27.7 Å². The lowest BCUT2D eigenvalue weighted by molar-refractivity contribution is 0.0600. The number of para-hydroxylation sites is 1. The number of ether oxygens (including phenoxy) is 1. The van der Waals surface area contributed by atoms with Gasteiger partial charge in [0.1, 0.15) is 6.04 Å². The Hall–Kier alpha value is -3.97. The maximum atomic E-state index is 12.6. The van der Waals surface area contributed by atoms with Crippen LogP contribution in [0, 0.1) is 13.8 Å². The standard InChI is InChI=1S/C28H26N4O2S/c1-18-15-19(2)17-20(16-18)32-26(25(30-28(32)35)22-10-6-7-13-29-22)24-12-8-14-31(24)23-11-5-4-9-21(23)27(33)34-3/h4-17,25-26H,1-3H3,(H,30,35)/t25-,26+/m0/s1. The highest BCUT2D eigenvalue weighted by molar-refractivity contribution is 7.80. The lowest BCUT2D eigenvalue weighted by Crippen LogP contribution is -2.30. The van der Waals surface area contributed by atoms with E-state index >= 15 is 0 Å². The maximum absolute atomic E-state index is 12.6. The normalized spacial score (nSPS) is 17.3. The molecule has 0 saturated carbocycles. The fourth-order valence-electron chi connectivity index (χ4n) is 4.84. The first kappa shape index (κ1) is 22.8. The molecule has 2 atom stereocenters. The van der Waals surface area contributed by atoms with E-state index in [4.69, 9.17) is 17.0 Å². The lowest BCUT2D eigenvalue weighted by atomic mass is 10.00. The number of aryl methyl sites for hydroxylation is 2. The Morgan fingerprint density at radius 3 is 2.46 bits per heavy atom. The number of aromatic nitrogens is 2. The quantitative estimate of drug-likeness (QED) is 0.301. The van der Waals surface area contributed by atoms with Gasteiger partial charge in [0.15, 0.2) is 5.11 Å². The predicted octanol–water partition coefficient (Wildman–Crippen LogP) is 5.45. The van der Waals surface area contributed by atoms with Crippen molar-refractivity contribution in [3.63, 3.8) is 0 Å². The van der Waals surface area contributed by atoms with Crippen molar-refractivity contribution >= 4 is 29.0 Å². The van der Waals surface area contributed by atoms with Gasteiger partial charge < -0.3 is 19.5 Å². The molecule has 35 heavy (non-hydrogen) atoms. The molecule has 2 aromatic heterocycles. The van der Waals surface area contributed by atoms with Gasteiger partial charge >= 0.3 is 5.97 Å². The van der Waals surface area contributed by atoms with Crippen molar-refractivity contribution in [2.24, 2.45) is 0 Å². The number of anilines is 1. The molecular weight excluding hydrogens is 456 g/mol. The van der Waals surface area contributed by atoms with Crippen LogP contribution in [0.1, 0.15) is 45.0 Å². The van der Waals surface area contributed by atoms with Crippen LogP contribution in [0.25, 0.3) is 5.69 Å². The molecule has 5 rings (SSSR count). The van der Waals surface area contributed by atoms with Crippen molar-refractivity contribution in [2.75, 3.05) is 12.0 Å². The van der Waals surface area contributed by atoms with Crippen LogP contribution in [-0.2, 0) is 4.74 Å².